The molecule has 12 aromatic rings. The van der Waals surface area contributed by atoms with Gasteiger partial charge in [-0.1, -0.05) is 198 Å². The standard InChI is InChI=1S/C73H59BN2OS/c1-5-7-22-46-34-37-51(38-35-46)76-64-45-61-55(52-30-18-20-32-60(52)73(61,3)4)41-59(64)68-69-66(43-56-53-31-19-21-33-67(53)77-70(56)68)75(63-39-36-47(23-8-6-2)40-54(63)48-24-12-9-13-25-48)65-44-58-57(42-62(65)74(69)76)71(49-26-14-10-15-27-49)78-72(58)50-28-16-11-17-29-50/h9-21,24-45H,5-8,22-23H2,1-4H3. The first kappa shape index (κ1) is 46.9. The maximum Gasteiger partial charge on any atom is 0.333 e. The van der Waals surface area contributed by atoms with E-state index in [1.807, 2.05) is 11.3 Å². The highest BCUT2D eigenvalue weighted by Crippen LogP contribution is 2.58. The van der Waals surface area contributed by atoms with Crippen molar-refractivity contribution in [3.05, 3.63) is 235 Å². The van der Waals surface area contributed by atoms with Gasteiger partial charge in [0.05, 0.1) is 5.69 Å². The van der Waals surface area contributed by atoms with Gasteiger partial charge in [-0.3, -0.25) is 0 Å². The molecule has 0 amide bonds. The van der Waals surface area contributed by atoms with Crippen LogP contribution in [0.4, 0.5) is 28.4 Å². The lowest BCUT2D eigenvalue weighted by Crippen LogP contribution is -2.61. The summed E-state index contributed by atoms with van der Waals surface area (Å²) in [6.45, 7) is 9.17. The van der Waals surface area contributed by atoms with Gasteiger partial charge in [-0.25, -0.2) is 0 Å². The summed E-state index contributed by atoms with van der Waals surface area (Å²) in [5.41, 5.74) is 25.4. The minimum absolute atomic E-state index is 0.215. The number of hydrogen-bond donors (Lipinski definition) is 0. The van der Waals surface area contributed by atoms with Crippen molar-refractivity contribution < 1.29 is 4.42 Å². The summed E-state index contributed by atoms with van der Waals surface area (Å²) in [5, 5.41) is 4.77. The molecule has 0 saturated heterocycles. The Labute approximate surface area is 462 Å². The molecule has 15 rings (SSSR count). The molecular formula is C73H59BN2OS. The van der Waals surface area contributed by atoms with E-state index in [0.717, 1.165) is 59.7 Å². The minimum atomic E-state index is -0.241. The first-order valence-corrected chi connectivity index (χ1v) is 29.0. The van der Waals surface area contributed by atoms with E-state index >= 15 is 0 Å². The molecule has 0 saturated carbocycles. The molecule has 0 spiro atoms. The molecule has 0 bridgehead atoms. The number of hydrogen-bond acceptors (Lipinski definition) is 4. The van der Waals surface area contributed by atoms with Crippen molar-refractivity contribution in [1.82, 2.24) is 0 Å². The topological polar surface area (TPSA) is 19.6 Å². The first-order chi connectivity index (χ1) is 38.4. The number of para-hydroxylation sites is 1. The van der Waals surface area contributed by atoms with Gasteiger partial charge < -0.3 is 14.1 Å². The van der Waals surface area contributed by atoms with Crippen molar-refractivity contribution >= 4 is 90.3 Å². The Balaban J connectivity index is 1.13. The first-order valence-electron chi connectivity index (χ1n) is 28.2. The van der Waals surface area contributed by atoms with Gasteiger partial charge in [-0.05, 0) is 141 Å². The lowest BCUT2D eigenvalue weighted by Gasteiger charge is -2.46. The molecule has 0 fully saturated rings. The summed E-state index contributed by atoms with van der Waals surface area (Å²) in [7, 11) is 0. The van der Waals surface area contributed by atoms with Crippen LogP contribution in [0.15, 0.2) is 217 Å². The normalized spacial score (nSPS) is 13.7. The van der Waals surface area contributed by atoms with Crippen LogP contribution in [0.3, 0.4) is 0 Å². The monoisotopic (exact) mass is 1020 g/mol. The predicted octanol–water partition coefficient (Wildman–Crippen LogP) is 19.5. The second-order valence-electron chi connectivity index (χ2n) is 22.4. The van der Waals surface area contributed by atoms with Crippen LogP contribution in [-0.4, -0.2) is 6.85 Å². The molecular weight excluding hydrogens is 964 g/mol. The van der Waals surface area contributed by atoms with Crippen LogP contribution in [0.1, 0.15) is 75.6 Å². The molecule has 376 valence electrons. The van der Waals surface area contributed by atoms with Gasteiger partial charge in [-0.15, -0.1) is 11.3 Å². The molecule has 0 atom stereocenters. The maximum atomic E-state index is 7.34. The fourth-order valence-corrected chi connectivity index (χ4v) is 14.8. The van der Waals surface area contributed by atoms with Crippen LogP contribution in [0.2, 0.25) is 0 Å². The average Bonchev–Trinajstić information content (AvgIpc) is 2.83. The molecule has 2 aromatic heterocycles. The van der Waals surface area contributed by atoms with Crippen molar-refractivity contribution in [2.45, 2.75) is 71.6 Å². The maximum absolute atomic E-state index is 7.34. The number of rotatable bonds is 11. The Kier molecular flexibility index (Phi) is 11.1. The van der Waals surface area contributed by atoms with Gasteiger partial charge in [0, 0.05) is 76.2 Å². The van der Waals surface area contributed by atoms with Crippen molar-refractivity contribution in [3.63, 3.8) is 0 Å². The van der Waals surface area contributed by atoms with Crippen molar-refractivity contribution in [2.24, 2.45) is 0 Å². The molecule has 4 heterocycles. The van der Waals surface area contributed by atoms with Crippen LogP contribution >= 0.6 is 11.3 Å². The number of benzene rings is 10. The minimum Gasteiger partial charge on any atom is -0.455 e. The fourth-order valence-electron chi connectivity index (χ4n) is 13.5. The number of nitrogens with zero attached hydrogens (tertiary/aromatic N) is 2. The van der Waals surface area contributed by atoms with Gasteiger partial charge in [0.1, 0.15) is 11.2 Å². The summed E-state index contributed by atoms with van der Waals surface area (Å²) < 4.78 is 7.34. The number of thiophene rings is 1. The molecule has 78 heavy (non-hydrogen) atoms. The van der Waals surface area contributed by atoms with E-state index in [-0.39, 0.29) is 12.3 Å². The second-order valence-corrected chi connectivity index (χ2v) is 23.4. The molecule has 5 heteroatoms. The van der Waals surface area contributed by atoms with Crippen molar-refractivity contribution in [3.8, 4) is 54.3 Å². The van der Waals surface area contributed by atoms with Crippen LogP contribution in [0, 0.1) is 0 Å². The van der Waals surface area contributed by atoms with Gasteiger partial charge >= 0.3 is 6.85 Å². The highest BCUT2D eigenvalue weighted by Gasteiger charge is 2.49. The van der Waals surface area contributed by atoms with E-state index in [1.54, 1.807) is 0 Å². The van der Waals surface area contributed by atoms with Crippen molar-refractivity contribution in [2.75, 3.05) is 9.71 Å². The van der Waals surface area contributed by atoms with Crippen LogP contribution < -0.4 is 20.6 Å². The largest absolute Gasteiger partial charge is 0.455 e. The third-order valence-electron chi connectivity index (χ3n) is 17.4. The lowest BCUT2D eigenvalue weighted by molar-refractivity contribution is 0.660. The molecule has 0 unspecified atom stereocenters. The molecule has 0 radical (unpaired) electrons. The molecule has 2 aliphatic heterocycles. The van der Waals surface area contributed by atoms with E-state index < -0.39 is 0 Å². The molecule has 10 aromatic carbocycles. The van der Waals surface area contributed by atoms with Gasteiger partial charge in [0.15, 0.2) is 0 Å². The summed E-state index contributed by atoms with van der Waals surface area (Å²) in [5.74, 6) is 0. The van der Waals surface area contributed by atoms with Crippen LogP contribution in [0.25, 0.3) is 87.0 Å². The summed E-state index contributed by atoms with van der Waals surface area (Å²) >= 11 is 1.91. The number of unbranched alkanes of at least 4 members (excludes halogenated alkanes) is 2. The van der Waals surface area contributed by atoms with Gasteiger partial charge in [-0.2, -0.15) is 0 Å². The average molecular weight is 1020 g/mol. The Morgan fingerprint density at radius 2 is 1.08 bits per heavy atom. The fraction of sp³-hybridized carbons (Fsp3) is 0.151. The molecule has 1 aliphatic carbocycles. The third kappa shape index (κ3) is 7.17. The zero-order valence-electron chi connectivity index (χ0n) is 44.7. The smallest absolute Gasteiger partial charge is 0.333 e. The van der Waals surface area contributed by atoms with E-state index in [9.17, 15) is 0 Å². The van der Waals surface area contributed by atoms with E-state index in [1.165, 1.54) is 127 Å². The molecule has 3 nitrogen and oxygen atoms in total. The Bertz CT molecular complexity index is 4330. The summed E-state index contributed by atoms with van der Waals surface area (Å²) in [6, 6.07) is 80.7. The van der Waals surface area contributed by atoms with Crippen LogP contribution in [0.5, 0.6) is 0 Å². The Hall–Kier alpha value is -8.38. The summed E-state index contributed by atoms with van der Waals surface area (Å²) in [6.07, 6.45) is 6.71. The number of fused-ring (bicyclic) bond motifs is 12. The summed E-state index contributed by atoms with van der Waals surface area (Å²) in [4.78, 5) is 7.94. The Morgan fingerprint density at radius 1 is 0.462 bits per heavy atom. The van der Waals surface area contributed by atoms with Crippen LogP contribution in [-0.2, 0) is 18.3 Å². The van der Waals surface area contributed by atoms with Gasteiger partial charge in [0.25, 0.3) is 0 Å². The van der Waals surface area contributed by atoms with Crippen molar-refractivity contribution in [1.29, 1.82) is 0 Å². The van der Waals surface area contributed by atoms with E-state index in [2.05, 4.69) is 250 Å². The van der Waals surface area contributed by atoms with E-state index in [0.29, 0.717) is 0 Å². The number of aryl methyl sites for hydroxylation is 2. The SMILES string of the molecule is CCCCc1ccc(N2B3c4cc5c(-c6ccccc6)sc(-c6ccccc6)c5cc4N(c4ccc(CCCC)cc4-c4ccccc4)c4cc5c(oc6ccccc65)c(c43)-c3cc4c(cc32)C(C)(C)c2ccccc2-4)cc1. The molecule has 0 N–H and O–H groups in total. The zero-order chi connectivity index (χ0) is 52.2. The third-order valence-corrected chi connectivity index (χ3v) is 18.7. The second kappa shape index (κ2) is 18.4. The quantitative estimate of drug-likeness (QED) is 0.120. The highest BCUT2D eigenvalue weighted by atomic mass is 32.1. The number of anilines is 5. The van der Waals surface area contributed by atoms with E-state index in [4.69, 9.17) is 4.42 Å². The molecule has 3 aliphatic rings. The zero-order valence-corrected chi connectivity index (χ0v) is 45.6. The lowest BCUT2D eigenvalue weighted by atomic mass is 9.43. The Morgan fingerprint density at radius 3 is 1.79 bits per heavy atom. The highest BCUT2D eigenvalue weighted by molar-refractivity contribution is 7.21. The van der Waals surface area contributed by atoms with Gasteiger partial charge in [0.2, 0.25) is 0 Å². The predicted molar refractivity (Wildman–Crippen MR) is 334 cm³/mol. The number of furan rings is 1.